The largest absolute Gasteiger partial charge is 0.392 e. The van der Waals surface area contributed by atoms with Crippen molar-refractivity contribution in [1.29, 1.82) is 0 Å². The first kappa shape index (κ1) is 16.9. The van der Waals surface area contributed by atoms with E-state index in [0.717, 1.165) is 19.4 Å². The molecular weight excluding hydrogens is 212 g/mol. The van der Waals surface area contributed by atoms with E-state index < -0.39 is 0 Å². The van der Waals surface area contributed by atoms with Gasteiger partial charge >= 0.3 is 0 Å². The summed E-state index contributed by atoms with van der Waals surface area (Å²) in [6.07, 6.45) is 11.3. The molecule has 0 saturated carbocycles. The fraction of sp³-hybridized carbons (Fsp3) is 1.00. The molecule has 0 radical (unpaired) electrons. The molecule has 0 spiro atoms. The standard InChI is InChI=1S/C14H32N2O/c1-2-3-4-5-6-7-8-9-10-14(17)13-16-12-11-15/h14,16-17H,2-13,15H2,1H3/t14-/m1/s1. The Morgan fingerprint density at radius 2 is 1.59 bits per heavy atom. The van der Waals surface area contributed by atoms with Crippen LogP contribution in [0.5, 0.6) is 0 Å². The number of nitrogens with two attached hydrogens (primary N) is 1. The van der Waals surface area contributed by atoms with E-state index in [9.17, 15) is 5.11 Å². The van der Waals surface area contributed by atoms with Gasteiger partial charge < -0.3 is 16.2 Å². The first-order valence-corrected chi connectivity index (χ1v) is 7.40. The van der Waals surface area contributed by atoms with E-state index >= 15 is 0 Å². The zero-order valence-electron chi connectivity index (χ0n) is 11.6. The van der Waals surface area contributed by atoms with Crippen LogP contribution in [0.3, 0.4) is 0 Å². The fourth-order valence-electron chi connectivity index (χ4n) is 1.99. The first-order valence-electron chi connectivity index (χ1n) is 7.40. The van der Waals surface area contributed by atoms with Gasteiger partial charge in [-0.1, -0.05) is 58.3 Å². The van der Waals surface area contributed by atoms with Gasteiger partial charge in [0.15, 0.2) is 0 Å². The van der Waals surface area contributed by atoms with Crippen molar-refractivity contribution >= 4 is 0 Å². The molecule has 0 saturated heterocycles. The molecule has 0 rings (SSSR count). The Morgan fingerprint density at radius 1 is 1.00 bits per heavy atom. The lowest BCUT2D eigenvalue weighted by molar-refractivity contribution is 0.158. The Morgan fingerprint density at radius 3 is 2.18 bits per heavy atom. The first-order chi connectivity index (χ1) is 8.31. The van der Waals surface area contributed by atoms with Crippen molar-refractivity contribution < 1.29 is 5.11 Å². The van der Waals surface area contributed by atoms with Crippen molar-refractivity contribution in [3.05, 3.63) is 0 Å². The highest BCUT2D eigenvalue weighted by Crippen LogP contribution is 2.10. The van der Waals surface area contributed by atoms with Gasteiger partial charge in [-0.05, 0) is 6.42 Å². The van der Waals surface area contributed by atoms with Crippen LogP contribution in [-0.4, -0.2) is 30.8 Å². The SMILES string of the molecule is CCCCCCCCCC[C@@H](O)CNCCN. The maximum atomic E-state index is 9.65. The van der Waals surface area contributed by atoms with Crippen LogP contribution in [0, 0.1) is 0 Å². The second-order valence-corrected chi connectivity index (χ2v) is 4.91. The van der Waals surface area contributed by atoms with Crippen LogP contribution in [0.4, 0.5) is 0 Å². The minimum Gasteiger partial charge on any atom is -0.392 e. The van der Waals surface area contributed by atoms with Crippen LogP contribution >= 0.6 is 0 Å². The smallest absolute Gasteiger partial charge is 0.0664 e. The Balaban J connectivity index is 3.05. The van der Waals surface area contributed by atoms with Crippen molar-refractivity contribution in [3.8, 4) is 0 Å². The normalized spacial score (nSPS) is 12.9. The summed E-state index contributed by atoms with van der Waals surface area (Å²) < 4.78 is 0. The van der Waals surface area contributed by atoms with Gasteiger partial charge in [0, 0.05) is 19.6 Å². The summed E-state index contributed by atoms with van der Waals surface area (Å²) in [7, 11) is 0. The Hall–Kier alpha value is -0.120. The van der Waals surface area contributed by atoms with Crippen LogP contribution in [0.2, 0.25) is 0 Å². The second kappa shape index (κ2) is 13.9. The topological polar surface area (TPSA) is 58.3 Å². The summed E-state index contributed by atoms with van der Waals surface area (Å²) in [5.74, 6) is 0. The lowest BCUT2D eigenvalue weighted by Crippen LogP contribution is -2.30. The molecule has 0 aromatic heterocycles. The molecule has 17 heavy (non-hydrogen) atoms. The third kappa shape index (κ3) is 13.8. The summed E-state index contributed by atoms with van der Waals surface area (Å²) in [4.78, 5) is 0. The van der Waals surface area contributed by atoms with E-state index in [-0.39, 0.29) is 6.10 Å². The third-order valence-corrected chi connectivity index (χ3v) is 3.09. The van der Waals surface area contributed by atoms with Gasteiger partial charge in [-0.3, -0.25) is 0 Å². The number of unbranched alkanes of at least 4 members (excludes halogenated alkanes) is 7. The lowest BCUT2D eigenvalue weighted by atomic mass is 10.1. The van der Waals surface area contributed by atoms with Gasteiger partial charge in [-0.25, -0.2) is 0 Å². The summed E-state index contributed by atoms with van der Waals surface area (Å²) in [6, 6.07) is 0. The Labute approximate surface area is 107 Å². The average molecular weight is 244 g/mol. The van der Waals surface area contributed by atoms with Crippen molar-refractivity contribution in [2.45, 2.75) is 70.8 Å². The van der Waals surface area contributed by atoms with Crippen LogP contribution in [0.25, 0.3) is 0 Å². The number of rotatable bonds is 13. The highest BCUT2D eigenvalue weighted by molar-refractivity contribution is 4.60. The van der Waals surface area contributed by atoms with Gasteiger partial charge in [0.1, 0.15) is 0 Å². The number of aliphatic hydroxyl groups is 1. The predicted octanol–water partition coefficient (Wildman–Crippen LogP) is 2.43. The van der Waals surface area contributed by atoms with Gasteiger partial charge in [-0.15, -0.1) is 0 Å². The van der Waals surface area contributed by atoms with E-state index in [2.05, 4.69) is 12.2 Å². The number of nitrogens with one attached hydrogen (secondary N) is 1. The highest BCUT2D eigenvalue weighted by Gasteiger charge is 2.02. The summed E-state index contributed by atoms with van der Waals surface area (Å²) in [5, 5.41) is 12.8. The molecule has 0 aromatic rings. The van der Waals surface area contributed by atoms with E-state index in [1.165, 1.54) is 44.9 Å². The molecule has 0 unspecified atom stereocenters. The molecule has 0 fully saturated rings. The molecule has 3 nitrogen and oxygen atoms in total. The van der Waals surface area contributed by atoms with Crippen molar-refractivity contribution in [3.63, 3.8) is 0 Å². The second-order valence-electron chi connectivity index (χ2n) is 4.91. The molecule has 1 atom stereocenters. The van der Waals surface area contributed by atoms with Gasteiger partial charge in [-0.2, -0.15) is 0 Å². The van der Waals surface area contributed by atoms with E-state index in [1.807, 2.05) is 0 Å². The van der Waals surface area contributed by atoms with E-state index in [0.29, 0.717) is 13.1 Å². The van der Waals surface area contributed by atoms with E-state index in [1.54, 1.807) is 0 Å². The average Bonchev–Trinajstić information content (AvgIpc) is 2.33. The molecular formula is C14H32N2O. The molecule has 0 amide bonds. The molecule has 0 aliphatic rings. The molecule has 3 heteroatoms. The third-order valence-electron chi connectivity index (χ3n) is 3.09. The number of aliphatic hydroxyl groups excluding tert-OH is 1. The number of hydrogen-bond donors (Lipinski definition) is 3. The van der Waals surface area contributed by atoms with Crippen LogP contribution in [-0.2, 0) is 0 Å². The Kier molecular flexibility index (Phi) is 13.8. The van der Waals surface area contributed by atoms with Gasteiger partial charge in [0.05, 0.1) is 6.10 Å². The highest BCUT2D eigenvalue weighted by atomic mass is 16.3. The summed E-state index contributed by atoms with van der Waals surface area (Å²) >= 11 is 0. The quantitative estimate of drug-likeness (QED) is 0.436. The molecule has 0 aromatic carbocycles. The Bertz CT molecular complexity index is 142. The van der Waals surface area contributed by atoms with Crippen LogP contribution in [0.1, 0.15) is 64.7 Å². The van der Waals surface area contributed by atoms with Gasteiger partial charge in [0.2, 0.25) is 0 Å². The van der Waals surface area contributed by atoms with Crippen molar-refractivity contribution in [2.24, 2.45) is 5.73 Å². The van der Waals surface area contributed by atoms with Crippen molar-refractivity contribution in [1.82, 2.24) is 5.32 Å². The minimum atomic E-state index is -0.193. The minimum absolute atomic E-state index is 0.193. The predicted molar refractivity (Wildman–Crippen MR) is 75.2 cm³/mol. The lowest BCUT2D eigenvalue weighted by Gasteiger charge is -2.10. The van der Waals surface area contributed by atoms with Crippen LogP contribution < -0.4 is 11.1 Å². The molecule has 0 heterocycles. The van der Waals surface area contributed by atoms with E-state index in [4.69, 9.17) is 5.73 Å². The maximum Gasteiger partial charge on any atom is 0.0664 e. The summed E-state index contributed by atoms with van der Waals surface area (Å²) in [6.45, 7) is 4.38. The molecule has 104 valence electrons. The van der Waals surface area contributed by atoms with Crippen LogP contribution in [0.15, 0.2) is 0 Å². The monoisotopic (exact) mass is 244 g/mol. The molecule has 4 N–H and O–H groups in total. The van der Waals surface area contributed by atoms with Crippen molar-refractivity contribution in [2.75, 3.05) is 19.6 Å². The zero-order chi connectivity index (χ0) is 12.8. The summed E-state index contributed by atoms with van der Waals surface area (Å²) in [5.41, 5.74) is 5.36. The number of hydrogen-bond acceptors (Lipinski definition) is 3. The fourth-order valence-corrected chi connectivity index (χ4v) is 1.99. The molecule has 0 aliphatic carbocycles. The van der Waals surface area contributed by atoms with Gasteiger partial charge in [0.25, 0.3) is 0 Å². The zero-order valence-corrected chi connectivity index (χ0v) is 11.6. The molecule has 0 aliphatic heterocycles. The maximum absolute atomic E-state index is 9.65. The molecule has 0 bridgehead atoms.